The minimum atomic E-state index is -4.67. The number of ether oxygens (including phenoxy) is 1. The fourth-order valence-electron chi connectivity index (χ4n) is 3.62. The Hall–Kier alpha value is -3.43. The van der Waals surface area contributed by atoms with Gasteiger partial charge in [-0.25, -0.2) is 15.0 Å². The monoisotopic (exact) mass is 417 g/mol. The number of nitrogen functional groups attached to an aromatic ring is 1. The van der Waals surface area contributed by atoms with Crippen LogP contribution in [0.5, 0.6) is 5.75 Å². The number of nitrogens with two attached hydrogens (primary N) is 1. The normalized spacial score (nSPS) is 16.8. The highest BCUT2D eigenvalue weighted by atomic mass is 19.4. The van der Waals surface area contributed by atoms with Gasteiger partial charge in [-0.2, -0.15) is 13.2 Å². The van der Waals surface area contributed by atoms with Crippen LogP contribution in [0.1, 0.15) is 30.1 Å². The number of pyridine rings is 1. The van der Waals surface area contributed by atoms with Crippen molar-refractivity contribution in [2.24, 2.45) is 0 Å². The van der Waals surface area contributed by atoms with E-state index >= 15 is 0 Å². The predicted molar refractivity (Wildman–Crippen MR) is 102 cm³/mol. The second kappa shape index (κ2) is 7.77. The largest absolute Gasteiger partial charge is 0.484 e. The van der Waals surface area contributed by atoms with Crippen molar-refractivity contribution >= 4 is 22.8 Å². The third-order valence-electron chi connectivity index (χ3n) is 4.98. The summed E-state index contributed by atoms with van der Waals surface area (Å²) in [4.78, 5) is 26.0. The first-order valence-corrected chi connectivity index (χ1v) is 9.30. The lowest BCUT2D eigenvalue weighted by molar-refractivity contribution is -0.136. The Balaban J connectivity index is 1.64. The highest BCUT2D eigenvalue weighted by Crippen LogP contribution is 2.39. The smallest absolute Gasteiger partial charge is 0.417 e. The van der Waals surface area contributed by atoms with E-state index < -0.39 is 17.8 Å². The summed E-state index contributed by atoms with van der Waals surface area (Å²) in [5.74, 6) is -0.0713. The summed E-state index contributed by atoms with van der Waals surface area (Å²) in [5, 5.41) is -0.336. The van der Waals surface area contributed by atoms with Crippen LogP contribution in [0, 0.1) is 0 Å². The molecule has 3 aromatic rings. The average Bonchev–Trinajstić information content (AvgIpc) is 3.21. The van der Waals surface area contributed by atoms with E-state index in [1.807, 2.05) is 6.07 Å². The zero-order chi connectivity index (χ0) is 21.3. The van der Waals surface area contributed by atoms with Crippen molar-refractivity contribution in [3.63, 3.8) is 0 Å². The number of hydrogen-bond donors (Lipinski definition) is 1. The van der Waals surface area contributed by atoms with Crippen LogP contribution in [0.25, 0.3) is 11.0 Å². The molecule has 1 aliphatic rings. The van der Waals surface area contributed by atoms with E-state index in [1.165, 1.54) is 4.90 Å². The van der Waals surface area contributed by atoms with Crippen LogP contribution < -0.4 is 10.5 Å². The maximum absolute atomic E-state index is 13.7. The molecule has 1 fully saturated rings. The number of carbonyl (C=O) groups excluding carboxylic acids is 1. The number of anilines is 1. The van der Waals surface area contributed by atoms with Gasteiger partial charge in [-0.1, -0.05) is 18.2 Å². The number of hydrogen-bond acceptors (Lipinski definition) is 6. The SMILES string of the molecule is Nc1ncnc2nc([C@H]3CCCN3C(=O)COc3ccccc3)cc(C(F)(F)F)c12. The second-order valence-electron chi connectivity index (χ2n) is 6.90. The molecule has 156 valence electrons. The Morgan fingerprint density at radius 3 is 2.73 bits per heavy atom. The summed E-state index contributed by atoms with van der Waals surface area (Å²) < 4.78 is 46.6. The lowest BCUT2D eigenvalue weighted by Crippen LogP contribution is -2.35. The van der Waals surface area contributed by atoms with Gasteiger partial charge in [0.05, 0.1) is 22.7 Å². The van der Waals surface area contributed by atoms with Crippen molar-refractivity contribution < 1.29 is 22.7 Å². The fraction of sp³-hybridized carbons (Fsp3) is 0.300. The quantitative estimate of drug-likeness (QED) is 0.700. The van der Waals surface area contributed by atoms with Crippen LogP contribution in [0.4, 0.5) is 19.0 Å². The number of fused-ring (bicyclic) bond motifs is 1. The minimum Gasteiger partial charge on any atom is -0.484 e. The second-order valence-corrected chi connectivity index (χ2v) is 6.90. The molecule has 1 saturated heterocycles. The number of para-hydroxylation sites is 1. The van der Waals surface area contributed by atoms with E-state index in [2.05, 4.69) is 15.0 Å². The first-order valence-electron chi connectivity index (χ1n) is 9.30. The predicted octanol–water partition coefficient (Wildman–Crippen LogP) is 3.37. The first kappa shape index (κ1) is 19.9. The number of alkyl halides is 3. The molecule has 30 heavy (non-hydrogen) atoms. The molecule has 3 heterocycles. The van der Waals surface area contributed by atoms with Gasteiger partial charge >= 0.3 is 6.18 Å². The number of carbonyl (C=O) groups is 1. The Kier molecular flexibility index (Phi) is 5.15. The van der Waals surface area contributed by atoms with Gasteiger partial charge in [0, 0.05) is 6.54 Å². The first-order chi connectivity index (χ1) is 14.3. The molecule has 4 rings (SSSR count). The van der Waals surface area contributed by atoms with Gasteiger partial charge in [0.25, 0.3) is 5.91 Å². The van der Waals surface area contributed by atoms with Crippen LogP contribution in [0.2, 0.25) is 0 Å². The molecule has 10 heteroatoms. The Morgan fingerprint density at radius 2 is 2.00 bits per heavy atom. The number of amides is 1. The number of aromatic nitrogens is 3. The van der Waals surface area contributed by atoms with Crippen LogP contribution in [0.3, 0.4) is 0 Å². The molecule has 1 atom stereocenters. The number of halogens is 3. The standard InChI is InChI=1S/C20H18F3N5O2/c21-20(22,23)13-9-14(27-19-17(13)18(24)25-11-26-19)15-7-4-8-28(15)16(29)10-30-12-5-2-1-3-6-12/h1-3,5-6,9,11,15H,4,7-8,10H2,(H2,24,25,26,27)/t15-/m1/s1. The van der Waals surface area contributed by atoms with Crippen molar-refractivity contribution in [3.05, 3.63) is 54.0 Å². The summed E-state index contributed by atoms with van der Waals surface area (Å²) in [7, 11) is 0. The van der Waals surface area contributed by atoms with E-state index in [4.69, 9.17) is 10.5 Å². The van der Waals surface area contributed by atoms with Crippen LogP contribution in [0.15, 0.2) is 42.7 Å². The molecule has 1 amide bonds. The molecule has 2 N–H and O–H groups in total. The molecule has 2 aromatic heterocycles. The maximum Gasteiger partial charge on any atom is 0.417 e. The molecule has 0 unspecified atom stereocenters. The van der Waals surface area contributed by atoms with Gasteiger partial charge in [0.1, 0.15) is 17.9 Å². The van der Waals surface area contributed by atoms with E-state index in [1.54, 1.807) is 24.3 Å². The zero-order valence-corrected chi connectivity index (χ0v) is 15.8. The molecule has 0 spiro atoms. The highest BCUT2D eigenvalue weighted by molar-refractivity contribution is 5.89. The van der Waals surface area contributed by atoms with Gasteiger partial charge in [-0.3, -0.25) is 4.79 Å². The molecule has 1 aliphatic heterocycles. The lowest BCUT2D eigenvalue weighted by Gasteiger charge is -2.25. The molecule has 0 bridgehead atoms. The summed E-state index contributed by atoms with van der Waals surface area (Å²) in [6.45, 7) is 0.198. The molecule has 0 saturated carbocycles. The third-order valence-corrected chi connectivity index (χ3v) is 4.98. The maximum atomic E-state index is 13.7. The van der Waals surface area contributed by atoms with E-state index in [0.717, 1.165) is 12.4 Å². The van der Waals surface area contributed by atoms with Crippen LogP contribution in [-0.2, 0) is 11.0 Å². The average molecular weight is 417 g/mol. The Morgan fingerprint density at radius 1 is 1.23 bits per heavy atom. The summed E-state index contributed by atoms with van der Waals surface area (Å²) in [6.07, 6.45) is -2.46. The van der Waals surface area contributed by atoms with E-state index in [0.29, 0.717) is 25.1 Å². The van der Waals surface area contributed by atoms with Gasteiger partial charge in [-0.15, -0.1) is 0 Å². The number of rotatable bonds is 4. The molecule has 0 radical (unpaired) electrons. The number of likely N-dealkylation sites (tertiary alicyclic amines) is 1. The van der Waals surface area contributed by atoms with Crippen LogP contribution in [-0.4, -0.2) is 38.9 Å². The van der Waals surface area contributed by atoms with Crippen molar-refractivity contribution in [1.29, 1.82) is 0 Å². The fourth-order valence-corrected chi connectivity index (χ4v) is 3.62. The minimum absolute atomic E-state index is 0.124. The molecule has 1 aromatic carbocycles. The molecular weight excluding hydrogens is 399 g/mol. The van der Waals surface area contributed by atoms with Crippen molar-refractivity contribution in [3.8, 4) is 5.75 Å². The van der Waals surface area contributed by atoms with Crippen molar-refractivity contribution in [1.82, 2.24) is 19.9 Å². The lowest BCUT2D eigenvalue weighted by atomic mass is 10.0. The molecule has 0 aliphatic carbocycles. The van der Waals surface area contributed by atoms with E-state index in [-0.39, 0.29) is 35.1 Å². The van der Waals surface area contributed by atoms with Gasteiger partial charge in [0.2, 0.25) is 0 Å². The summed E-state index contributed by atoms with van der Waals surface area (Å²) in [6, 6.07) is 9.17. The van der Waals surface area contributed by atoms with Crippen molar-refractivity contribution in [2.75, 3.05) is 18.9 Å². The third kappa shape index (κ3) is 3.85. The zero-order valence-electron chi connectivity index (χ0n) is 15.8. The topological polar surface area (TPSA) is 94.2 Å². The van der Waals surface area contributed by atoms with Crippen LogP contribution >= 0.6 is 0 Å². The molecular formula is C20H18F3N5O2. The summed E-state index contributed by atoms with van der Waals surface area (Å²) in [5.41, 5.74) is 4.67. The van der Waals surface area contributed by atoms with E-state index in [9.17, 15) is 18.0 Å². The Labute approximate surface area is 169 Å². The highest BCUT2D eigenvalue weighted by Gasteiger charge is 2.38. The summed E-state index contributed by atoms with van der Waals surface area (Å²) >= 11 is 0. The van der Waals surface area contributed by atoms with Gasteiger partial charge < -0.3 is 15.4 Å². The molecule has 7 nitrogen and oxygen atoms in total. The van der Waals surface area contributed by atoms with Crippen molar-refractivity contribution in [2.45, 2.75) is 25.1 Å². The number of benzene rings is 1. The van der Waals surface area contributed by atoms with Gasteiger partial charge in [0.15, 0.2) is 12.3 Å². The Bertz CT molecular complexity index is 1080. The van der Waals surface area contributed by atoms with Gasteiger partial charge in [-0.05, 0) is 31.0 Å². The number of nitrogens with zero attached hydrogens (tertiary/aromatic N) is 4.